The number of benzene rings is 4. The molecule has 230 valence electrons. The molecule has 0 bridgehead atoms. The summed E-state index contributed by atoms with van der Waals surface area (Å²) < 4.78 is 5.73. The van der Waals surface area contributed by atoms with Crippen molar-refractivity contribution in [2.75, 3.05) is 31.2 Å². The monoisotopic (exact) mass is 591 g/mol. The van der Waals surface area contributed by atoms with E-state index in [1.54, 1.807) is 7.11 Å². The van der Waals surface area contributed by atoms with E-state index in [0.29, 0.717) is 11.4 Å². The average Bonchev–Trinajstić information content (AvgIpc) is 3.11. The Morgan fingerprint density at radius 3 is 1.89 bits per heavy atom. The first-order chi connectivity index (χ1) is 21.6. The highest BCUT2D eigenvalue weighted by Crippen LogP contribution is 2.45. The second-order valence-electron chi connectivity index (χ2n) is 11.5. The van der Waals surface area contributed by atoms with E-state index in [-0.39, 0.29) is 11.4 Å². The van der Waals surface area contributed by atoms with E-state index in [4.69, 9.17) is 10.5 Å². The summed E-state index contributed by atoms with van der Waals surface area (Å²) >= 11 is 0. The number of nitrogens with two attached hydrogens (primary N) is 1. The van der Waals surface area contributed by atoms with Crippen LogP contribution in [0.25, 0.3) is 32.7 Å². The van der Waals surface area contributed by atoms with Crippen LogP contribution in [-0.2, 0) is 0 Å². The van der Waals surface area contributed by atoms with E-state index < -0.39 is 10.9 Å². The van der Waals surface area contributed by atoms with Crippen molar-refractivity contribution in [3.05, 3.63) is 93.2 Å². The van der Waals surface area contributed by atoms with Crippen LogP contribution in [0.3, 0.4) is 0 Å². The minimum absolute atomic E-state index is 0.0380. The predicted molar refractivity (Wildman–Crippen MR) is 186 cm³/mol. The van der Waals surface area contributed by atoms with Gasteiger partial charge in [0.25, 0.3) is 10.9 Å². The van der Waals surface area contributed by atoms with Gasteiger partial charge in [0.2, 0.25) is 0 Å². The van der Waals surface area contributed by atoms with Gasteiger partial charge in [0.05, 0.1) is 7.11 Å². The SMILES string of the molecule is C1CCC(N2CCCCC2)CC1.CC.COc1ccc2ccccc2c1-c1c(Nc2c(N)c(=O)c2=O)ccc2ccccc12. The van der Waals surface area contributed by atoms with Crippen LogP contribution in [0.1, 0.15) is 65.2 Å². The van der Waals surface area contributed by atoms with E-state index in [9.17, 15) is 9.59 Å². The van der Waals surface area contributed by atoms with Crippen LogP contribution in [0, 0.1) is 0 Å². The molecule has 1 aliphatic carbocycles. The lowest BCUT2D eigenvalue weighted by atomic mass is 9.91. The van der Waals surface area contributed by atoms with Gasteiger partial charge in [0.15, 0.2) is 0 Å². The average molecular weight is 592 g/mol. The van der Waals surface area contributed by atoms with Crippen LogP contribution in [0.2, 0.25) is 0 Å². The molecule has 2 aliphatic rings. The zero-order chi connectivity index (χ0) is 31.1. The maximum absolute atomic E-state index is 12.0. The molecule has 0 aromatic heterocycles. The fourth-order valence-electron chi connectivity index (χ4n) is 6.72. The van der Waals surface area contributed by atoms with Gasteiger partial charge in [-0.05, 0) is 72.5 Å². The topological polar surface area (TPSA) is 84.7 Å². The largest absolute Gasteiger partial charge is 0.496 e. The molecular weight excluding hydrogens is 546 g/mol. The summed E-state index contributed by atoms with van der Waals surface area (Å²) in [6, 6.07) is 24.9. The zero-order valence-corrected chi connectivity index (χ0v) is 26.3. The summed E-state index contributed by atoms with van der Waals surface area (Å²) in [5.41, 5.74) is 7.10. The van der Waals surface area contributed by atoms with Crippen molar-refractivity contribution in [3.8, 4) is 16.9 Å². The number of likely N-dealkylation sites (tertiary alicyclic amines) is 1. The van der Waals surface area contributed by atoms with Crippen LogP contribution >= 0.6 is 0 Å². The highest BCUT2D eigenvalue weighted by molar-refractivity contribution is 6.12. The molecule has 5 aromatic carbocycles. The molecule has 6 nitrogen and oxygen atoms in total. The third-order valence-electron chi connectivity index (χ3n) is 8.98. The Kier molecular flexibility index (Phi) is 10.3. The van der Waals surface area contributed by atoms with Gasteiger partial charge >= 0.3 is 0 Å². The molecule has 0 radical (unpaired) electrons. The fourth-order valence-corrected chi connectivity index (χ4v) is 6.72. The second-order valence-corrected chi connectivity index (χ2v) is 11.5. The third kappa shape index (κ3) is 6.36. The number of nitrogen functional groups attached to an aromatic ring is 1. The summed E-state index contributed by atoms with van der Waals surface area (Å²) in [5, 5.41) is 7.25. The number of fused-ring (bicyclic) bond motifs is 2. The number of nitrogens with one attached hydrogen (secondary N) is 1. The maximum atomic E-state index is 12.0. The number of nitrogens with zero attached hydrogens (tertiary/aromatic N) is 1. The number of ether oxygens (including phenoxy) is 1. The van der Waals surface area contributed by atoms with Gasteiger partial charge in [-0.2, -0.15) is 0 Å². The fraction of sp³-hybridized carbons (Fsp3) is 0.368. The summed E-state index contributed by atoms with van der Waals surface area (Å²) in [4.78, 5) is 26.4. The van der Waals surface area contributed by atoms with Gasteiger partial charge in [0, 0.05) is 22.9 Å². The molecule has 5 aromatic rings. The van der Waals surface area contributed by atoms with Gasteiger partial charge in [-0.3, -0.25) is 9.59 Å². The van der Waals surface area contributed by atoms with Gasteiger partial charge < -0.3 is 20.7 Å². The lowest BCUT2D eigenvalue weighted by Crippen LogP contribution is -2.40. The van der Waals surface area contributed by atoms with Crippen LogP contribution in [-0.4, -0.2) is 31.1 Å². The lowest BCUT2D eigenvalue weighted by molar-refractivity contribution is 0.131. The van der Waals surface area contributed by atoms with Crippen molar-refractivity contribution >= 4 is 38.6 Å². The van der Waals surface area contributed by atoms with Gasteiger partial charge in [0.1, 0.15) is 17.1 Å². The Morgan fingerprint density at radius 1 is 0.705 bits per heavy atom. The quantitative estimate of drug-likeness (QED) is 0.200. The first kappa shape index (κ1) is 31.3. The summed E-state index contributed by atoms with van der Waals surface area (Å²) in [6.07, 6.45) is 11.8. The van der Waals surface area contributed by atoms with Crippen molar-refractivity contribution in [1.82, 2.24) is 4.90 Å². The Balaban J connectivity index is 0.000000229. The number of hydrogen-bond donors (Lipinski definition) is 2. The number of methoxy groups -OCH3 is 1. The molecule has 0 unspecified atom stereocenters. The van der Waals surface area contributed by atoms with Crippen molar-refractivity contribution < 1.29 is 4.74 Å². The Labute approximate surface area is 260 Å². The molecule has 1 saturated carbocycles. The van der Waals surface area contributed by atoms with Crippen LogP contribution in [0.15, 0.2) is 82.4 Å². The molecular formula is C38H45N3O3. The highest BCUT2D eigenvalue weighted by atomic mass is 16.5. The molecule has 2 fully saturated rings. The maximum Gasteiger partial charge on any atom is 0.253 e. The molecule has 3 N–H and O–H groups in total. The second kappa shape index (κ2) is 14.5. The number of piperidine rings is 1. The minimum Gasteiger partial charge on any atom is -0.496 e. The summed E-state index contributed by atoms with van der Waals surface area (Å²) in [7, 11) is 1.64. The van der Waals surface area contributed by atoms with E-state index in [1.807, 2.05) is 86.6 Å². The first-order valence-electron chi connectivity index (χ1n) is 16.2. The summed E-state index contributed by atoms with van der Waals surface area (Å²) in [5.74, 6) is 0.714. The Hall–Kier alpha value is -4.16. The van der Waals surface area contributed by atoms with Crippen molar-refractivity contribution in [3.63, 3.8) is 0 Å². The molecule has 1 aliphatic heterocycles. The molecule has 7 rings (SSSR count). The Bertz CT molecular complexity index is 1760. The van der Waals surface area contributed by atoms with Gasteiger partial charge in [-0.15, -0.1) is 0 Å². The molecule has 6 heteroatoms. The number of hydrogen-bond acceptors (Lipinski definition) is 6. The van der Waals surface area contributed by atoms with Gasteiger partial charge in [-0.1, -0.05) is 100 Å². The normalized spacial score (nSPS) is 15.7. The molecule has 1 saturated heterocycles. The van der Waals surface area contributed by atoms with Crippen LogP contribution < -0.4 is 26.6 Å². The van der Waals surface area contributed by atoms with Crippen molar-refractivity contribution in [2.24, 2.45) is 0 Å². The lowest BCUT2D eigenvalue weighted by Gasteiger charge is -2.36. The third-order valence-corrected chi connectivity index (χ3v) is 8.98. The zero-order valence-electron chi connectivity index (χ0n) is 26.3. The standard InChI is InChI=1S/C25H18N2O3.C11H21N.C2H6/c1-30-19-13-11-15-7-3-5-9-17(15)21(19)20-16-8-4-2-6-14(16)10-12-18(20)27-23-22(26)24(28)25(23)29;1-3-7-11(8-4-1)12-9-5-2-6-10-12;1-2/h2-13,27H,26H2,1H3;11H,1-10H2;1-2H3. The van der Waals surface area contributed by atoms with E-state index in [0.717, 1.165) is 38.7 Å². The van der Waals surface area contributed by atoms with Crippen molar-refractivity contribution in [2.45, 2.75) is 71.3 Å². The van der Waals surface area contributed by atoms with E-state index >= 15 is 0 Å². The molecule has 1 heterocycles. The highest BCUT2D eigenvalue weighted by Gasteiger charge is 2.23. The number of anilines is 3. The van der Waals surface area contributed by atoms with E-state index in [2.05, 4.69) is 10.2 Å². The van der Waals surface area contributed by atoms with E-state index in [1.165, 1.54) is 64.5 Å². The first-order valence-corrected chi connectivity index (χ1v) is 16.2. The molecule has 0 spiro atoms. The molecule has 44 heavy (non-hydrogen) atoms. The smallest absolute Gasteiger partial charge is 0.253 e. The van der Waals surface area contributed by atoms with Crippen LogP contribution in [0.5, 0.6) is 5.75 Å². The number of rotatable bonds is 5. The van der Waals surface area contributed by atoms with Gasteiger partial charge in [-0.25, -0.2) is 0 Å². The minimum atomic E-state index is -0.650. The molecule has 0 atom stereocenters. The predicted octanol–water partition coefficient (Wildman–Crippen LogP) is 8.42. The van der Waals surface area contributed by atoms with Crippen molar-refractivity contribution in [1.29, 1.82) is 0 Å². The molecule has 0 amide bonds. The van der Waals surface area contributed by atoms with Crippen LogP contribution in [0.4, 0.5) is 17.1 Å². The summed E-state index contributed by atoms with van der Waals surface area (Å²) in [6.45, 7) is 6.79. The Morgan fingerprint density at radius 2 is 1.27 bits per heavy atom.